The maximum Gasteiger partial charge on any atom is 0.243 e. The van der Waals surface area contributed by atoms with E-state index in [0.717, 1.165) is 31.5 Å². The first kappa shape index (κ1) is 17.7. The lowest BCUT2D eigenvalue weighted by Gasteiger charge is -2.23. The van der Waals surface area contributed by atoms with Gasteiger partial charge < -0.3 is 10.6 Å². The molecule has 124 valence electrons. The number of aromatic nitrogens is 4. The second-order valence-electron chi connectivity index (χ2n) is 5.26. The second kappa shape index (κ2) is 8.24. The van der Waals surface area contributed by atoms with Crippen LogP contribution in [-0.4, -0.2) is 45.2 Å². The van der Waals surface area contributed by atoms with E-state index in [4.69, 9.17) is 11.6 Å². The normalized spacial score (nSPS) is 17.3. The van der Waals surface area contributed by atoms with Crippen molar-refractivity contribution in [3.8, 4) is 11.4 Å². The zero-order valence-corrected chi connectivity index (χ0v) is 14.0. The number of benzene rings is 1. The summed E-state index contributed by atoms with van der Waals surface area (Å²) >= 11 is 5.85. The van der Waals surface area contributed by atoms with E-state index in [1.54, 1.807) is 12.1 Å². The number of piperidine rings is 1. The molecule has 0 radical (unpaired) electrons. The van der Waals surface area contributed by atoms with Crippen molar-refractivity contribution in [1.82, 2.24) is 30.8 Å². The second-order valence-corrected chi connectivity index (χ2v) is 5.70. The fourth-order valence-electron chi connectivity index (χ4n) is 2.40. The molecule has 0 bridgehead atoms. The van der Waals surface area contributed by atoms with Crippen LogP contribution in [0.4, 0.5) is 0 Å². The lowest BCUT2D eigenvalue weighted by molar-refractivity contribution is -0.122. The zero-order chi connectivity index (χ0) is 15.4. The van der Waals surface area contributed by atoms with Crippen molar-refractivity contribution in [1.29, 1.82) is 0 Å². The maximum atomic E-state index is 12.0. The first-order valence-electron chi connectivity index (χ1n) is 7.24. The van der Waals surface area contributed by atoms with Crippen molar-refractivity contribution < 1.29 is 4.79 Å². The van der Waals surface area contributed by atoms with Crippen LogP contribution in [0.1, 0.15) is 12.8 Å². The molecule has 1 aromatic carbocycles. The van der Waals surface area contributed by atoms with Gasteiger partial charge in [-0.1, -0.05) is 11.6 Å². The van der Waals surface area contributed by atoms with E-state index >= 15 is 0 Å². The molecule has 0 saturated carbocycles. The van der Waals surface area contributed by atoms with Gasteiger partial charge in [0.25, 0.3) is 0 Å². The van der Waals surface area contributed by atoms with Gasteiger partial charge in [-0.2, -0.15) is 4.80 Å². The molecule has 1 atom stereocenters. The Labute approximate surface area is 145 Å². The van der Waals surface area contributed by atoms with Gasteiger partial charge in [0.05, 0.1) is 0 Å². The molecule has 1 unspecified atom stereocenters. The van der Waals surface area contributed by atoms with Crippen molar-refractivity contribution >= 4 is 29.9 Å². The number of carbonyl (C=O) groups is 1. The van der Waals surface area contributed by atoms with Crippen LogP contribution in [0.15, 0.2) is 24.3 Å². The number of hydrogen-bond acceptors (Lipinski definition) is 5. The Bertz CT molecular complexity index is 639. The first-order valence-corrected chi connectivity index (χ1v) is 7.62. The fourth-order valence-corrected chi connectivity index (χ4v) is 2.53. The Hall–Kier alpha value is -1.70. The van der Waals surface area contributed by atoms with Crippen LogP contribution in [-0.2, 0) is 11.3 Å². The summed E-state index contributed by atoms with van der Waals surface area (Å²) in [5, 5.41) is 19.0. The maximum absolute atomic E-state index is 12.0. The molecule has 3 rings (SSSR count). The lowest BCUT2D eigenvalue weighted by Crippen LogP contribution is -2.46. The topological polar surface area (TPSA) is 84.7 Å². The van der Waals surface area contributed by atoms with Gasteiger partial charge in [-0.25, -0.2) is 0 Å². The monoisotopic (exact) mass is 356 g/mol. The molecular formula is C14H18Cl2N6O. The fraction of sp³-hybridized carbons (Fsp3) is 0.429. The third kappa shape index (κ3) is 4.89. The van der Waals surface area contributed by atoms with E-state index in [2.05, 4.69) is 26.0 Å². The van der Waals surface area contributed by atoms with Crippen LogP contribution in [0.2, 0.25) is 5.02 Å². The number of carbonyl (C=O) groups excluding carboxylic acids is 1. The predicted molar refractivity (Wildman–Crippen MR) is 89.5 cm³/mol. The highest BCUT2D eigenvalue weighted by molar-refractivity contribution is 6.30. The SMILES string of the molecule is Cl.O=C(Cn1nnc(-c2ccc(Cl)cc2)n1)NC1CCCNC1. The van der Waals surface area contributed by atoms with Crippen LogP contribution in [0, 0.1) is 0 Å². The number of nitrogens with one attached hydrogen (secondary N) is 2. The van der Waals surface area contributed by atoms with E-state index < -0.39 is 0 Å². The first-order chi connectivity index (χ1) is 10.7. The molecule has 7 nitrogen and oxygen atoms in total. The van der Waals surface area contributed by atoms with E-state index in [1.165, 1.54) is 4.80 Å². The molecule has 9 heteroatoms. The highest BCUT2D eigenvalue weighted by atomic mass is 35.5. The van der Waals surface area contributed by atoms with Gasteiger partial charge in [0.15, 0.2) is 0 Å². The smallest absolute Gasteiger partial charge is 0.243 e. The Morgan fingerprint density at radius 3 is 2.87 bits per heavy atom. The molecule has 1 amide bonds. The summed E-state index contributed by atoms with van der Waals surface area (Å²) in [5.74, 6) is 0.373. The third-order valence-electron chi connectivity index (χ3n) is 3.50. The lowest BCUT2D eigenvalue weighted by atomic mass is 10.1. The van der Waals surface area contributed by atoms with E-state index in [1.807, 2.05) is 12.1 Å². The summed E-state index contributed by atoms with van der Waals surface area (Å²) in [6.07, 6.45) is 2.08. The molecule has 1 saturated heterocycles. The standard InChI is InChI=1S/C14H17ClN6O.ClH/c15-11-5-3-10(4-6-11)14-18-20-21(19-14)9-13(22)17-12-2-1-7-16-8-12;/h3-6,12,16H,1-2,7-9H2,(H,17,22);1H. The van der Waals surface area contributed by atoms with E-state index in [-0.39, 0.29) is 30.9 Å². The van der Waals surface area contributed by atoms with Crippen molar-refractivity contribution in [2.75, 3.05) is 13.1 Å². The zero-order valence-electron chi connectivity index (χ0n) is 12.4. The van der Waals surface area contributed by atoms with Crippen LogP contribution in [0.25, 0.3) is 11.4 Å². The predicted octanol–water partition coefficient (Wildman–Crippen LogP) is 1.28. The minimum absolute atomic E-state index is 0. The molecule has 1 aliphatic heterocycles. The van der Waals surface area contributed by atoms with Crippen molar-refractivity contribution in [3.05, 3.63) is 29.3 Å². The molecule has 0 aliphatic carbocycles. The van der Waals surface area contributed by atoms with Crippen molar-refractivity contribution in [3.63, 3.8) is 0 Å². The number of amides is 1. The molecule has 1 aliphatic rings. The van der Waals surface area contributed by atoms with Crippen molar-refractivity contribution in [2.45, 2.75) is 25.4 Å². The van der Waals surface area contributed by atoms with Gasteiger partial charge in [0, 0.05) is 23.2 Å². The van der Waals surface area contributed by atoms with Crippen molar-refractivity contribution in [2.24, 2.45) is 0 Å². The van der Waals surface area contributed by atoms with Gasteiger partial charge in [0.1, 0.15) is 6.54 Å². The van der Waals surface area contributed by atoms with Crippen LogP contribution in [0.3, 0.4) is 0 Å². The number of nitrogens with zero attached hydrogens (tertiary/aromatic N) is 4. The Morgan fingerprint density at radius 2 is 2.17 bits per heavy atom. The van der Waals surface area contributed by atoms with Crippen LogP contribution >= 0.6 is 24.0 Å². The minimum Gasteiger partial charge on any atom is -0.350 e. The molecule has 2 aromatic rings. The largest absolute Gasteiger partial charge is 0.350 e. The summed E-state index contributed by atoms with van der Waals surface area (Å²) in [5.41, 5.74) is 0.813. The molecule has 23 heavy (non-hydrogen) atoms. The number of halogens is 2. The third-order valence-corrected chi connectivity index (χ3v) is 3.75. The van der Waals surface area contributed by atoms with E-state index in [9.17, 15) is 4.79 Å². The average Bonchev–Trinajstić information content (AvgIpc) is 2.97. The minimum atomic E-state index is -0.103. The summed E-state index contributed by atoms with van der Waals surface area (Å²) in [6, 6.07) is 7.34. The van der Waals surface area contributed by atoms with E-state index in [0.29, 0.717) is 10.8 Å². The average molecular weight is 357 g/mol. The molecular weight excluding hydrogens is 339 g/mol. The molecule has 1 fully saturated rings. The van der Waals surface area contributed by atoms with Crippen LogP contribution in [0.5, 0.6) is 0 Å². The van der Waals surface area contributed by atoms with Gasteiger partial charge in [-0.05, 0) is 48.9 Å². The summed E-state index contributed by atoms with van der Waals surface area (Å²) in [7, 11) is 0. The quantitative estimate of drug-likeness (QED) is 0.861. The Kier molecular flexibility index (Phi) is 6.32. The van der Waals surface area contributed by atoms with Gasteiger partial charge in [-0.15, -0.1) is 22.6 Å². The Morgan fingerprint density at radius 1 is 1.39 bits per heavy atom. The highest BCUT2D eigenvalue weighted by Gasteiger charge is 2.16. The molecule has 2 N–H and O–H groups in total. The summed E-state index contributed by atoms with van der Waals surface area (Å²) in [4.78, 5) is 13.3. The van der Waals surface area contributed by atoms with Gasteiger partial charge in [0.2, 0.25) is 11.7 Å². The molecule has 1 aromatic heterocycles. The van der Waals surface area contributed by atoms with Gasteiger partial charge in [-0.3, -0.25) is 4.79 Å². The number of tetrazole rings is 1. The Balaban J connectivity index is 0.00000192. The molecule has 2 heterocycles. The summed E-state index contributed by atoms with van der Waals surface area (Å²) in [6.45, 7) is 1.89. The highest BCUT2D eigenvalue weighted by Crippen LogP contribution is 2.16. The summed E-state index contributed by atoms with van der Waals surface area (Å²) < 4.78 is 0. The van der Waals surface area contributed by atoms with Gasteiger partial charge >= 0.3 is 0 Å². The number of hydrogen-bond donors (Lipinski definition) is 2. The number of rotatable bonds is 4. The van der Waals surface area contributed by atoms with Crippen LogP contribution < -0.4 is 10.6 Å². The molecule has 0 spiro atoms.